The molecular formula is C12H8N4O4. The molecule has 0 radical (unpaired) electrons. The normalized spacial score (nSPS) is 10.0. The molecule has 2 aromatic rings. The van der Waals surface area contributed by atoms with Gasteiger partial charge in [-0.15, -0.1) is 0 Å². The lowest BCUT2D eigenvalue weighted by atomic mass is 10.1. The molecule has 0 saturated carbocycles. The molecule has 20 heavy (non-hydrogen) atoms. The average molecular weight is 272 g/mol. The summed E-state index contributed by atoms with van der Waals surface area (Å²) in [6, 6.07) is 6.78. The van der Waals surface area contributed by atoms with Crippen LogP contribution >= 0.6 is 0 Å². The van der Waals surface area contributed by atoms with Crippen molar-refractivity contribution in [3.05, 3.63) is 51.3 Å². The van der Waals surface area contributed by atoms with E-state index in [1.807, 2.05) is 6.07 Å². The number of aromatic carboxylic acids is 1. The van der Waals surface area contributed by atoms with Crippen molar-refractivity contribution in [2.75, 3.05) is 0 Å². The summed E-state index contributed by atoms with van der Waals surface area (Å²) in [5.74, 6) is -1.50. The van der Waals surface area contributed by atoms with Crippen molar-refractivity contribution in [3.8, 4) is 11.8 Å². The summed E-state index contributed by atoms with van der Waals surface area (Å²) in [5, 5.41) is 32.4. The fourth-order valence-electron chi connectivity index (χ4n) is 1.71. The number of carbonyl (C=O) groups is 1. The number of aromatic nitrogens is 2. The van der Waals surface area contributed by atoms with Crippen LogP contribution in [0.3, 0.4) is 0 Å². The van der Waals surface area contributed by atoms with Gasteiger partial charge in [0.25, 0.3) is 0 Å². The molecule has 0 bridgehead atoms. The predicted octanol–water partition coefficient (Wildman–Crippen LogP) is 1.66. The van der Waals surface area contributed by atoms with Crippen LogP contribution in [0.15, 0.2) is 24.4 Å². The number of aryl methyl sites for hydroxylation is 1. The summed E-state index contributed by atoms with van der Waals surface area (Å²) in [7, 11) is 0. The Balaban J connectivity index is 2.66. The van der Waals surface area contributed by atoms with Gasteiger partial charge in [-0.05, 0) is 24.6 Å². The molecule has 1 aromatic carbocycles. The standard InChI is InChI=1S/C12H8N4O4/c1-7-2-3-9(8(4-7)5-13)15-6-10(16(19)20)11(14-15)12(17)18/h2-4,6H,1H3,(H,17,18). The van der Waals surface area contributed by atoms with Crippen LogP contribution in [-0.4, -0.2) is 25.8 Å². The van der Waals surface area contributed by atoms with E-state index in [1.54, 1.807) is 25.1 Å². The van der Waals surface area contributed by atoms with Crippen molar-refractivity contribution >= 4 is 11.7 Å². The molecule has 0 atom stereocenters. The average Bonchev–Trinajstić information content (AvgIpc) is 2.83. The van der Waals surface area contributed by atoms with E-state index in [-0.39, 0.29) is 11.3 Å². The molecule has 100 valence electrons. The van der Waals surface area contributed by atoms with Gasteiger partial charge in [0, 0.05) is 0 Å². The van der Waals surface area contributed by atoms with Gasteiger partial charge in [0.15, 0.2) is 0 Å². The highest BCUT2D eigenvalue weighted by molar-refractivity contribution is 5.90. The molecule has 0 amide bonds. The van der Waals surface area contributed by atoms with Gasteiger partial charge in [-0.3, -0.25) is 10.1 Å². The Labute approximate surface area is 112 Å². The maximum Gasteiger partial charge on any atom is 0.363 e. The highest BCUT2D eigenvalue weighted by Gasteiger charge is 2.26. The van der Waals surface area contributed by atoms with Crippen LogP contribution in [0.5, 0.6) is 0 Å². The number of hydrogen-bond acceptors (Lipinski definition) is 5. The minimum atomic E-state index is -1.50. The molecule has 0 unspecified atom stereocenters. The van der Waals surface area contributed by atoms with Gasteiger partial charge in [0.1, 0.15) is 12.3 Å². The molecule has 0 aliphatic heterocycles. The summed E-state index contributed by atoms with van der Waals surface area (Å²) in [6.45, 7) is 1.79. The summed E-state index contributed by atoms with van der Waals surface area (Å²) < 4.78 is 1.03. The van der Waals surface area contributed by atoms with Crippen molar-refractivity contribution in [1.82, 2.24) is 9.78 Å². The smallest absolute Gasteiger partial charge is 0.363 e. The molecule has 0 spiro atoms. The van der Waals surface area contributed by atoms with Crippen molar-refractivity contribution < 1.29 is 14.8 Å². The number of nitrogens with zero attached hydrogens (tertiary/aromatic N) is 4. The van der Waals surface area contributed by atoms with E-state index >= 15 is 0 Å². The Kier molecular flexibility index (Phi) is 3.18. The second-order valence-electron chi connectivity index (χ2n) is 4.00. The molecule has 1 N–H and O–H groups in total. The first-order valence-electron chi connectivity index (χ1n) is 5.42. The van der Waals surface area contributed by atoms with Crippen LogP contribution in [0.4, 0.5) is 5.69 Å². The molecule has 8 nitrogen and oxygen atoms in total. The van der Waals surface area contributed by atoms with Gasteiger partial charge < -0.3 is 5.11 Å². The lowest BCUT2D eigenvalue weighted by Gasteiger charge is -2.03. The zero-order chi connectivity index (χ0) is 14.9. The molecular weight excluding hydrogens is 264 g/mol. The SMILES string of the molecule is Cc1ccc(-n2cc([N+](=O)[O-])c(C(=O)O)n2)c(C#N)c1. The summed E-state index contributed by atoms with van der Waals surface area (Å²) in [5.41, 5.74) is 0.0832. The van der Waals surface area contributed by atoms with E-state index in [0.717, 1.165) is 16.4 Å². The zero-order valence-corrected chi connectivity index (χ0v) is 10.3. The van der Waals surface area contributed by atoms with Gasteiger partial charge in [0.05, 0.1) is 16.2 Å². The van der Waals surface area contributed by atoms with Crippen molar-refractivity contribution in [2.24, 2.45) is 0 Å². The molecule has 0 aliphatic carbocycles. The molecule has 0 fully saturated rings. The largest absolute Gasteiger partial charge is 0.476 e. The van der Waals surface area contributed by atoms with Gasteiger partial charge in [-0.1, -0.05) is 6.07 Å². The third kappa shape index (κ3) is 2.20. The van der Waals surface area contributed by atoms with Crippen LogP contribution < -0.4 is 0 Å². The highest BCUT2D eigenvalue weighted by Crippen LogP contribution is 2.22. The number of hydrogen-bond donors (Lipinski definition) is 1. The van der Waals surface area contributed by atoms with Gasteiger partial charge in [-0.25, -0.2) is 9.48 Å². The second kappa shape index (κ2) is 4.81. The van der Waals surface area contributed by atoms with Gasteiger partial charge in [-0.2, -0.15) is 10.4 Å². The maximum absolute atomic E-state index is 10.9. The van der Waals surface area contributed by atoms with Crippen molar-refractivity contribution in [2.45, 2.75) is 6.92 Å². The first-order valence-corrected chi connectivity index (χ1v) is 5.42. The number of carboxylic acid groups (broad SMARTS) is 1. The van der Waals surface area contributed by atoms with E-state index in [2.05, 4.69) is 5.10 Å². The Morgan fingerprint density at radius 3 is 2.75 bits per heavy atom. The predicted molar refractivity (Wildman–Crippen MR) is 66.6 cm³/mol. The highest BCUT2D eigenvalue weighted by atomic mass is 16.6. The second-order valence-corrected chi connectivity index (χ2v) is 4.00. The van der Waals surface area contributed by atoms with Gasteiger partial charge >= 0.3 is 11.7 Å². The van der Waals surface area contributed by atoms with Crippen LogP contribution in [-0.2, 0) is 0 Å². The van der Waals surface area contributed by atoms with Crippen LogP contribution in [0, 0.1) is 28.4 Å². The minimum absolute atomic E-state index is 0.249. The number of nitriles is 1. The molecule has 0 saturated heterocycles. The van der Waals surface area contributed by atoms with E-state index in [9.17, 15) is 14.9 Å². The number of benzene rings is 1. The lowest BCUT2D eigenvalue weighted by Crippen LogP contribution is -2.03. The van der Waals surface area contributed by atoms with Crippen molar-refractivity contribution in [1.29, 1.82) is 5.26 Å². The first kappa shape index (κ1) is 13.2. The first-order chi connectivity index (χ1) is 9.43. The number of carboxylic acids is 1. The quantitative estimate of drug-likeness (QED) is 0.669. The van der Waals surface area contributed by atoms with Crippen molar-refractivity contribution in [3.63, 3.8) is 0 Å². The lowest BCUT2D eigenvalue weighted by molar-refractivity contribution is -0.385. The summed E-state index contributed by atoms with van der Waals surface area (Å²) in [4.78, 5) is 20.9. The molecule has 1 aromatic heterocycles. The molecule has 1 heterocycles. The van der Waals surface area contributed by atoms with Crippen LogP contribution in [0.1, 0.15) is 21.6 Å². The fourth-order valence-corrected chi connectivity index (χ4v) is 1.71. The summed E-state index contributed by atoms with van der Waals surface area (Å²) >= 11 is 0. The number of rotatable bonds is 3. The zero-order valence-electron chi connectivity index (χ0n) is 10.3. The third-order valence-electron chi connectivity index (χ3n) is 2.61. The van der Waals surface area contributed by atoms with Gasteiger partial charge in [0.2, 0.25) is 5.69 Å². The van der Waals surface area contributed by atoms with E-state index in [1.165, 1.54) is 0 Å². The molecule has 8 heteroatoms. The van der Waals surface area contributed by atoms with E-state index in [0.29, 0.717) is 0 Å². The van der Waals surface area contributed by atoms with Crippen LogP contribution in [0.25, 0.3) is 5.69 Å². The monoisotopic (exact) mass is 272 g/mol. The molecule has 2 rings (SSSR count). The Morgan fingerprint density at radius 1 is 1.55 bits per heavy atom. The number of nitro groups is 1. The minimum Gasteiger partial charge on any atom is -0.476 e. The fraction of sp³-hybridized carbons (Fsp3) is 0.0833. The maximum atomic E-state index is 10.9. The summed E-state index contributed by atoms with van der Waals surface area (Å²) in [6.07, 6.45) is 0.981. The topological polar surface area (TPSA) is 122 Å². The van der Waals surface area contributed by atoms with Crippen LogP contribution in [0.2, 0.25) is 0 Å². The third-order valence-corrected chi connectivity index (χ3v) is 2.61. The molecule has 0 aliphatic rings. The van der Waals surface area contributed by atoms with E-state index in [4.69, 9.17) is 10.4 Å². The Bertz CT molecular complexity index is 726. The Hall–Kier alpha value is -3.21. The Morgan fingerprint density at radius 2 is 2.25 bits per heavy atom. The van der Waals surface area contributed by atoms with E-state index < -0.39 is 22.3 Å².